The molecule has 1 aliphatic rings. The molecule has 2 heterocycles. The molecule has 0 bridgehead atoms. The lowest BCUT2D eigenvalue weighted by Gasteiger charge is -2.10. The zero-order valence-electron chi connectivity index (χ0n) is 16.9. The molecular formula is C22H23N5O2S. The first-order valence-corrected chi connectivity index (χ1v) is 10.6. The van der Waals surface area contributed by atoms with Crippen molar-refractivity contribution < 1.29 is 9.59 Å². The van der Waals surface area contributed by atoms with E-state index in [9.17, 15) is 9.59 Å². The number of benzene rings is 1. The molecule has 1 aromatic carbocycles. The van der Waals surface area contributed by atoms with E-state index in [-0.39, 0.29) is 17.9 Å². The smallest absolute Gasteiger partial charge is 0.267 e. The van der Waals surface area contributed by atoms with Crippen molar-refractivity contribution in [3.8, 4) is 0 Å². The normalized spacial score (nSPS) is 13.0. The molecule has 8 heteroatoms. The number of pyridine rings is 1. The molecule has 3 N–H and O–H groups in total. The van der Waals surface area contributed by atoms with Crippen LogP contribution in [0.25, 0.3) is 0 Å². The maximum absolute atomic E-state index is 12.9. The molecule has 1 saturated carbocycles. The fraction of sp³-hybridized carbons (Fsp3) is 0.273. The number of nitrogens with one attached hydrogen (secondary N) is 3. The zero-order valence-corrected chi connectivity index (χ0v) is 17.7. The molecule has 1 aliphatic carbocycles. The number of aromatic nitrogens is 2. The summed E-state index contributed by atoms with van der Waals surface area (Å²) in [6.07, 6.45) is 5.58. The molecular weight excluding hydrogens is 398 g/mol. The Morgan fingerprint density at radius 3 is 2.73 bits per heavy atom. The van der Waals surface area contributed by atoms with Crippen LogP contribution >= 0.6 is 11.3 Å². The van der Waals surface area contributed by atoms with Crippen LogP contribution in [0, 0.1) is 13.8 Å². The highest BCUT2D eigenvalue weighted by molar-refractivity contribution is 7.17. The number of anilines is 2. The van der Waals surface area contributed by atoms with Crippen molar-refractivity contribution in [1.29, 1.82) is 0 Å². The molecule has 3 aromatic rings. The Balaban J connectivity index is 1.44. The number of aryl methyl sites for hydroxylation is 2. The van der Waals surface area contributed by atoms with Gasteiger partial charge in [0.25, 0.3) is 11.8 Å². The lowest BCUT2D eigenvalue weighted by Crippen LogP contribution is -2.25. The molecule has 0 unspecified atom stereocenters. The Bertz CT molecular complexity index is 1080. The van der Waals surface area contributed by atoms with Crippen LogP contribution in [0.5, 0.6) is 0 Å². The van der Waals surface area contributed by atoms with E-state index < -0.39 is 0 Å². The van der Waals surface area contributed by atoms with Crippen LogP contribution in [0.1, 0.15) is 49.7 Å². The Morgan fingerprint density at radius 1 is 1.17 bits per heavy atom. The number of carbonyl (C=O) groups excluding carboxylic acids is 2. The predicted octanol–water partition coefficient (Wildman–Crippen LogP) is 3.91. The predicted molar refractivity (Wildman–Crippen MR) is 118 cm³/mol. The summed E-state index contributed by atoms with van der Waals surface area (Å²) in [5.41, 5.74) is 3.76. The van der Waals surface area contributed by atoms with Crippen LogP contribution in [0.4, 0.5) is 10.8 Å². The maximum atomic E-state index is 12.9. The van der Waals surface area contributed by atoms with Crippen LogP contribution in [0.3, 0.4) is 0 Å². The average molecular weight is 422 g/mol. The fourth-order valence-corrected chi connectivity index (χ4v) is 3.79. The highest BCUT2D eigenvalue weighted by Gasteiger charge is 2.24. The highest BCUT2D eigenvalue weighted by atomic mass is 32.1. The van der Waals surface area contributed by atoms with Gasteiger partial charge in [-0.05, 0) is 56.0 Å². The van der Waals surface area contributed by atoms with Gasteiger partial charge in [0.2, 0.25) is 0 Å². The van der Waals surface area contributed by atoms with Gasteiger partial charge in [0, 0.05) is 36.2 Å². The van der Waals surface area contributed by atoms with Gasteiger partial charge in [-0.25, -0.2) is 4.98 Å². The largest absolute Gasteiger partial charge is 0.357 e. The molecule has 2 aromatic heterocycles. The summed E-state index contributed by atoms with van der Waals surface area (Å²) in [5.74, 6) is -0.342. The topological polar surface area (TPSA) is 96.0 Å². The van der Waals surface area contributed by atoms with Crippen molar-refractivity contribution in [1.82, 2.24) is 15.3 Å². The summed E-state index contributed by atoms with van der Waals surface area (Å²) in [6.45, 7) is 4.30. The standard InChI is InChI=1S/C22H23N5O2S/c1-13-5-6-16(20(28)26-17-7-8-17)10-18(13)27-21(29)19-14(2)25-22(30-19)24-12-15-4-3-9-23-11-15/h3-6,9-11,17H,7-8,12H2,1-2H3,(H,24,25)(H,26,28)(H,27,29). The highest BCUT2D eigenvalue weighted by Crippen LogP contribution is 2.26. The van der Waals surface area contributed by atoms with E-state index in [1.807, 2.05) is 32.0 Å². The molecule has 0 aliphatic heterocycles. The third kappa shape index (κ3) is 4.83. The first kappa shape index (κ1) is 20.0. The van der Waals surface area contributed by atoms with Gasteiger partial charge in [0.05, 0.1) is 5.69 Å². The first-order valence-electron chi connectivity index (χ1n) is 9.82. The van der Waals surface area contributed by atoms with Gasteiger partial charge >= 0.3 is 0 Å². The summed E-state index contributed by atoms with van der Waals surface area (Å²) in [7, 11) is 0. The van der Waals surface area contributed by atoms with Crippen molar-refractivity contribution in [3.63, 3.8) is 0 Å². The summed E-state index contributed by atoms with van der Waals surface area (Å²) in [4.78, 5) is 34.3. The minimum Gasteiger partial charge on any atom is -0.357 e. The third-order valence-corrected chi connectivity index (χ3v) is 5.94. The molecule has 2 amide bonds. The summed E-state index contributed by atoms with van der Waals surface area (Å²) >= 11 is 1.31. The van der Waals surface area contributed by atoms with Crippen molar-refractivity contribution in [3.05, 3.63) is 70.0 Å². The molecule has 154 valence electrons. The van der Waals surface area contributed by atoms with Crippen molar-refractivity contribution >= 4 is 34.0 Å². The van der Waals surface area contributed by atoms with E-state index in [1.54, 1.807) is 24.5 Å². The van der Waals surface area contributed by atoms with Crippen LogP contribution in [0.2, 0.25) is 0 Å². The summed E-state index contributed by atoms with van der Waals surface area (Å²) in [5, 5.41) is 9.81. The fourth-order valence-electron chi connectivity index (χ4n) is 2.94. The van der Waals surface area contributed by atoms with Crippen molar-refractivity contribution in [2.45, 2.75) is 39.3 Å². The monoisotopic (exact) mass is 421 g/mol. The lowest BCUT2D eigenvalue weighted by atomic mass is 10.1. The SMILES string of the molecule is Cc1ccc(C(=O)NC2CC2)cc1NC(=O)c1sc(NCc2cccnc2)nc1C. The van der Waals surface area contributed by atoms with Crippen molar-refractivity contribution in [2.75, 3.05) is 10.6 Å². The second-order valence-corrected chi connectivity index (χ2v) is 8.38. The van der Waals surface area contributed by atoms with Gasteiger partial charge in [-0.15, -0.1) is 0 Å². The van der Waals surface area contributed by atoms with E-state index in [2.05, 4.69) is 25.9 Å². The molecule has 0 radical (unpaired) electrons. The lowest BCUT2D eigenvalue weighted by molar-refractivity contribution is 0.0949. The summed E-state index contributed by atoms with van der Waals surface area (Å²) < 4.78 is 0. The maximum Gasteiger partial charge on any atom is 0.267 e. The van der Waals surface area contributed by atoms with E-state index in [4.69, 9.17) is 0 Å². The number of amides is 2. The Hall–Kier alpha value is -3.26. The first-order chi connectivity index (χ1) is 14.5. The van der Waals surface area contributed by atoms with Gasteiger partial charge < -0.3 is 16.0 Å². The minimum absolute atomic E-state index is 0.108. The average Bonchev–Trinajstić information content (AvgIpc) is 3.48. The zero-order chi connectivity index (χ0) is 21.1. The summed E-state index contributed by atoms with van der Waals surface area (Å²) in [6, 6.07) is 9.49. The molecule has 7 nitrogen and oxygen atoms in total. The second-order valence-electron chi connectivity index (χ2n) is 7.38. The molecule has 0 saturated heterocycles. The number of thiazole rings is 1. The van der Waals surface area contributed by atoms with Gasteiger partial charge in [0.15, 0.2) is 5.13 Å². The minimum atomic E-state index is -0.234. The quantitative estimate of drug-likeness (QED) is 0.537. The van der Waals surface area contributed by atoms with Gasteiger partial charge in [-0.3, -0.25) is 14.6 Å². The van der Waals surface area contributed by atoms with Gasteiger partial charge in [0.1, 0.15) is 4.88 Å². The van der Waals surface area contributed by atoms with Crippen molar-refractivity contribution in [2.24, 2.45) is 0 Å². The van der Waals surface area contributed by atoms with E-state index in [0.29, 0.717) is 33.5 Å². The van der Waals surface area contributed by atoms with Gasteiger partial charge in [-0.1, -0.05) is 23.5 Å². The van der Waals surface area contributed by atoms with Crippen LogP contribution in [0.15, 0.2) is 42.7 Å². The molecule has 4 rings (SSSR count). The van der Waals surface area contributed by atoms with E-state index in [1.165, 1.54) is 11.3 Å². The Morgan fingerprint density at radius 2 is 2.00 bits per heavy atom. The number of nitrogens with zero attached hydrogens (tertiary/aromatic N) is 2. The van der Waals surface area contributed by atoms with E-state index >= 15 is 0 Å². The molecule has 1 fully saturated rings. The van der Waals surface area contributed by atoms with Crippen LogP contribution in [-0.4, -0.2) is 27.8 Å². The van der Waals surface area contributed by atoms with Crippen LogP contribution in [-0.2, 0) is 6.54 Å². The third-order valence-electron chi connectivity index (χ3n) is 4.83. The molecule has 0 spiro atoms. The molecule has 0 atom stereocenters. The number of hydrogen-bond acceptors (Lipinski definition) is 6. The number of hydrogen-bond donors (Lipinski definition) is 3. The number of carbonyl (C=O) groups is 2. The van der Waals surface area contributed by atoms with Crippen LogP contribution < -0.4 is 16.0 Å². The molecule has 30 heavy (non-hydrogen) atoms. The second kappa shape index (κ2) is 8.62. The van der Waals surface area contributed by atoms with E-state index in [0.717, 1.165) is 24.0 Å². The Labute approximate surface area is 179 Å². The number of rotatable bonds is 7. The Kier molecular flexibility index (Phi) is 5.76. The van der Waals surface area contributed by atoms with Gasteiger partial charge in [-0.2, -0.15) is 0 Å².